The van der Waals surface area contributed by atoms with Crippen molar-refractivity contribution >= 4 is 33.9 Å². The Bertz CT molecular complexity index is 1180. The second-order valence-electron chi connectivity index (χ2n) is 6.95. The molecule has 0 spiro atoms. The minimum Gasteiger partial charge on any atom is -0.467 e. The number of aromatic nitrogens is 1. The van der Waals surface area contributed by atoms with Crippen LogP contribution in [-0.2, 0) is 13.1 Å². The van der Waals surface area contributed by atoms with Gasteiger partial charge in [0, 0.05) is 16.8 Å². The SMILES string of the molecule is Cc1ccc2[nH]c(=O)c(CN(Cc3ccco3)C(=S)Nc3ccccc3)cc2c1. The van der Waals surface area contributed by atoms with Gasteiger partial charge in [-0.2, -0.15) is 0 Å². The molecule has 146 valence electrons. The summed E-state index contributed by atoms with van der Waals surface area (Å²) in [5.74, 6) is 0.773. The summed E-state index contributed by atoms with van der Waals surface area (Å²) in [7, 11) is 0. The number of aryl methyl sites for hydroxylation is 1. The lowest BCUT2D eigenvalue weighted by molar-refractivity contribution is 0.359. The Morgan fingerprint density at radius 3 is 2.66 bits per heavy atom. The number of hydrogen-bond donors (Lipinski definition) is 2. The van der Waals surface area contributed by atoms with E-state index < -0.39 is 0 Å². The van der Waals surface area contributed by atoms with Gasteiger partial charge in [0.15, 0.2) is 5.11 Å². The molecule has 29 heavy (non-hydrogen) atoms. The standard InChI is InChI=1S/C23H21N3O2S/c1-16-9-10-21-17(12-16)13-18(22(27)25-21)14-26(15-20-8-5-11-28-20)23(29)24-19-6-3-2-4-7-19/h2-13H,14-15H2,1H3,(H,24,29)(H,25,27). The molecule has 4 aromatic rings. The first-order valence-electron chi connectivity index (χ1n) is 9.34. The highest BCUT2D eigenvalue weighted by Gasteiger charge is 2.15. The van der Waals surface area contributed by atoms with Gasteiger partial charge in [-0.05, 0) is 67.0 Å². The molecule has 0 saturated heterocycles. The van der Waals surface area contributed by atoms with Crippen molar-refractivity contribution in [1.29, 1.82) is 0 Å². The lowest BCUT2D eigenvalue weighted by atomic mass is 10.1. The molecule has 5 nitrogen and oxygen atoms in total. The van der Waals surface area contributed by atoms with Crippen LogP contribution in [0.25, 0.3) is 10.9 Å². The molecule has 2 N–H and O–H groups in total. The molecule has 0 atom stereocenters. The van der Waals surface area contributed by atoms with Crippen molar-refractivity contribution in [2.45, 2.75) is 20.0 Å². The minimum absolute atomic E-state index is 0.117. The average molecular weight is 404 g/mol. The van der Waals surface area contributed by atoms with Gasteiger partial charge >= 0.3 is 0 Å². The Kier molecular flexibility index (Phi) is 5.44. The van der Waals surface area contributed by atoms with Crippen LogP contribution in [0.1, 0.15) is 16.9 Å². The lowest BCUT2D eigenvalue weighted by Crippen LogP contribution is -2.35. The summed E-state index contributed by atoms with van der Waals surface area (Å²) in [5.41, 5.74) is 3.39. The van der Waals surface area contributed by atoms with E-state index in [4.69, 9.17) is 16.6 Å². The fourth-order valence-corrected chi connectivity index (χ4v) is 3.46. The molecule has 4 rings (SSSR count). The highest BCUT2D eigenvalue weighted by atomic mass is 32.1. The average Bonchev–Trinajstić information content (AvgIpc) is 3.22. The monoisotopic (exact) mass is 403 g/mol. The molecule has 0 saturated carbocycles. The number of para-hydroxylation sites is 1. The van der Waals surface area contributed by atoms with Gasteiger partial charge < -0.3 is 19.6 Å². The molecule has 2 heterocycles. The molecule has 2 aromatic carbocycles. The zero-order valence-corrected chi connectivity index (χ0v) is 16.8. The fourth-order valence-electron chi connectivity index (χ4n) is 3.21. The Hall–Kier alpha value is -3.38. The van der Waals surface area contributed by atoms with Crippen LogP contribution < -0.4 is 10.9 Å². The molecule has 2 aromatic heterocycles. The van der Waals surface area contributed by atoms with E-state index in [0.717, 1.165) is 27.9 Å². The van der Waals surface area contributed by atoms with E-state index in [2.05, 4.69) is 16.4 Å². The Morgan fingerprint density at radius 1 is 1.07 bits per heavy atom. The van der Waals surface area contributed by atoms with Gasteiger partial charge in [-0.1, -0.05) is 29.8 Å². The van der Waals surface area contributed by atoms with Crippen LogP contribution in [0, 0.1) is 6.92 Å². The molecular formula is C23H21N3O2S. The van der Waals surface area contributed by atoms with Crippen molar-refractivity contribution < 1.29 is 4.42 Å². The number of nitrogens with zero attached hydrogens (tertiary/aromatic N) is 1. The van der Waals surface area contributed by atoms with Gasteiger partial charge in [-0.25, -0.2) is 0 Å². The van der Waals surface area contributed by atoms with Crippen molar-refractivity contribution in [3.05, 3.63) is 100 Å². The van der Waals surface area contributed by atoms with Crippen LogP contribution in [0.15, 0.2) is 82.2 Å². The number of furan rings is 1. The number of fused-ring (bicyclic) bond motifs is 1. The Balaban J connectivity index is 1.64. The topological polar surface area (TPSA) is 61.3 Å². The maximum atomic E-state index is 12.7. The van der Waals surface area contributed by atoms with Crippen LogP contribution in [0.5, 0.6) is 0 Å². The zero-order chi connectivity index (χ0) is 20.2. The van der Waals surface area contributed by atoms with Gasteiger partial charge in [-0.15, -0.1) is 0 Å². The Labute approximate surface area is 174 Å². The summed E-state index contributed by atoms with van der Waals surface area (Å²) in [6.45, 7) is 2.85. The third-order valence-corrected chi connectivity index (χ3v) is 5.04. The molecule has 6 heteroatoms. The van der Waals surface area contributed by atoms with E-state index in [1.807, 2.05) is 72.5 Å². The van der Waals surface area contributed by atoms with Crippen LogP contribution in [0.3, 0.4) is 0 Å². The predicted octanol–water partition coefficient (Wildman–Crippen LogP) is 4.83. The highest BCUT2D eigenvalue weighted by molar-refractivity contribution is 7.80. The first kappa shape index (κ1) is 19.0. The summed E-state index contributed by atoms with van der Waals surface area (Å²) < 4.78 is 5.50. The van der Waals surface area contributed by atoms with Crippen LogP contribution in [0.4, 0.5) is 5.69 Å². The second kappa shape index (κ2) is 8.32. The fraction of sp³-hybridized carbons (Fsp3) is 0.130. The molecular weight excluding hydrogens is 382 g/mol. The van der Waals surface area contributed by atoms with Crippen molar-refractivity contribution in [1.82, 2.24) is 9.88 Å². The van der Waals surface area contributed by atoms with E-state index >= 15 is 0 Å². The zero-order valence-electron chi connectivity index (χ0n) is 16.0. The number of pyridine rings is 1. The number of nitrogens with one attached hydrogen (secondary N) is 2. The second-order valence-corrected chi connectivity index (χ2v) is 7.33. The first-order chi connectivity index (χ1) is 14.1. The summed E-state index contributed by atoms with van der Waals surface area (Å²) in [6.07, 6.45) is 1.63. The summed E-state index contributed by atoms with van der Waals surface area (Å²) in [4.78, 5) is 17.6. The third-order valence-electron chi connectivity index (χ3n) is 4.68. The van der Waals surface area contributed by atoms with Crippen LogP contribution >= 0.6 is 12.2 Å². The van der Waals surface area contributed by atoms with E-state index in [1.54, 1.807) is 6.26 Å². The minimum atomic E-state index is -0.117. The molecule has 0 aliphatic heterocycles. The summed E-state index contributed by atoms with van der Waals surface area (Å²) in [5, 5.41) is 4.77. The molecule has 0 amide bonds. The largest absolute Gasteiger partial charge is 0.467 e. The van der Waals surface area contributed by atoms with Gasteiger partial charge in [0.05, 0.1) is 19.4 Å². The number of H-pyrrole nitrogens is 1. The van der Waals surface area contributed by atoms with Gasteiger partial charge in [0.2, 0.25) is 0 Å². The van der Waals surface area contributed by atoms with E-state index in [-0.39, 0.29) is 5.56 Å². The smallest absolute Gasteiger partial charge is 0.253 e. The van der Waals surface area contributed by atoms with Crippen molar-refractivity contribution in [3.8, 4) is 0 Å². The maximum absolute atomic E-state index is 12.7. The number of aromatic amines is 1. The third kappa shape index (κ3) is 4.55. The van der Waals surface area contributed by atoms with Gasteiger partial charge in [0.25, 0.3) is 5.56 Å². The van der Waals surface area contributed by atoms with Crippen LogP contribution in [-0.4, -0.2) is 15.0 Å². The number of hydrogen-bond acceptors (Lipinski definition) is 3. The lowest BCUT2D eigenvalue weighted by Gasteiger charge is -2.25. The van der Waals surface area contributed by atoms with E-state index in [9.17, 15) is 4.79 Å². The van der Waals surface area contributed by atoms with E-state index in [1.165, 1.54) is 0 Å². The number of rotatable bonds is 5. The molecule has 0 aliphatic carbocycles. The summed E-state index contributed by atoms with van der Waals surface area (Å²) >= 11 is 5.65. The van der Waals surface area contributed by atoms with Crippen molar-refractivity contribution in [2.75, 3.05) is 5.32 Å². The van der Waals surface area contributed by atoms with Gasteiger partial charge in [-0.3, -0.25) is 4.79 Å². The van der Waals surface area contributed by atoms with Crippen molar-refractivity contribution in [3.63, 3.8) is 0 Å². The first-order valence-corrected chi connectivity index (χ1v) is 9.75. The highest BCUT2D eigenvalue weighted by Crippen LogP contribution is 2.17. The molecule has 0 aliphatic rings. The molecule has 0 fully saturated rings. The van der Waals surface area contributed by atoms with E-state index in [0.29, 0.717) is 23.8 Å². The number of thiocarbonyl (C=S) groups is 1. The Morgan fingerprint density at radius 2 is 1.90 bits per heavy atom. The quantitative estimate of drug-likeness (QED) is 0.468. The predicted molar refractivity (Wildman–Crippen MR) is 120 cm³/mol. The molecule has 0 unspecified atom stereocenters. The van der Waals surface area contributed by atoms with Crippen LogP contribution in [0.2, 0.25) is 0 Å². The maximum Gasteiger partial charge on any atom is 0.253 e. The molecule has 0 radical (unpaired) electrons. The molecule has 0 bridgehead atoms. The number of anilines is 1. The van der Waals surface area contributed by atoms with Gasteiger partial charge in [0.1, 0.15) is 5.76 Å². The number of benzene rings is 2. The van der Waals surface area contributed by atoms with Crippen molar-refractivity contribution in [2.24, 2.45) is 0 Å². The normalized spacial score (nSPS) is 10.8. The summed E-state index contributed by atoms with van der Waals surface area (Å²) in [6, 6.07) is 21.4.